The maximum absolute atomic E-state index is 13.0. The molecule has 0 amide bonds. The van der Waals surface area contributed by atoms with Crippen molar-refractivity contribution < 1.29 is 13.2 Å². The summed E-state index contributed by atoms with van der Waals surface area (Å²) in [6.45, 7) is 1.97. The lowest BCUT2D eigenvalue weighted by atomic mass is 10.1. The normalized spacial score (nSPS) is 16.8. The van der Waals surface area contributed by atoms with Crippen LogP contribution in [0.25, 0.3) is 0 Å². The topological polar surface area (TPSA) is 35.8 Å². The van der Waals surface area contributed by atoms with E-state index in [1.54, 1.807) is 6.07 Å². The Bertz CT molecular complexity index is 498. The van der Waals surface area contributed by atoms with Gasteiger partial charge in [-0.3, -0.25) is 0 Å². The predicted octanol–water partition coefficient (Wildman–Crippen LogP) is 4.18. The van der Waals surface area contributed by atoms with Crippen molar-refractivity contribution in [3.8, 4) is 6.07 Å². The van der Waals surface area contributed by atoms with Crippen LogP contribution in [0.3, 0.4) is 0 Å². The first-order valence-corrected chi connectivity index (χ1v) is 6.33. The Morgan fingerprint density at radius 3 is 2.58 bits per heavy atom. The Balaban J connectivity index is 2.31. The van der Waals surface area contributed by atoms with E-state index in [4.69, 9.17) is 5.26 Å². The second-order valence-corrected chi connectivity index (χ2v) is 4.87. The van der Waals surface area contributed by atoms with Gasteiger partial charge in [-0.1, -0.05) is 6.92 Å². The standard InChI is InChI=1S/C14H15F3N2/c1-2-12(10-4-5-10)19-13-6-3-9(8-18)7-11(13)14(15,16)17/h3,6-7,10,12,19H,2,4-5H2,1H3. The Morgan fingerprint density at radius 1 is 1.42 bits per heavy atom. The summed E-state index contributed by atoms with van der Waals surface area (Å²) in [6.07, 6.45) is -1.51. The number of nitriles is 1. The van der Waals surface area contributed by atoms with Gasteiger partial charge in [0, 0.05) is 11.7 Å². The molecule has 0 spiro atoms. The van der Waals surface area contributed by atoms with Crippen molar-refractivity contribution in [2.75, 3.05) is 5.32 Å². The smallest absolute Gasteiger partial charge is 0.382 e. The highest BCUT2D eigenvalue weighted by Crippen LogP contribution is 2.39. The summed E-state index contributed by atoms with van der Waals surface area (Å²) < 4.78 is 39.0. The first-order valence-electron chi connectivity index (χ1n) is 6.33. The molecule has 2 nitrogen and oxygen atoms in total. The molecule has 1 unspecified atom stereocenters. The molecule has 1 atom stereocenters. The molecule has 1 aromatic carbocycles. The molecule has 5 heteroatoms. The molecular formula is C14H15F3N2. The van der Waals surface area contributed by atoms with Crippen LogP contribution < -0.4 is 5.32 Å². The highest BCUT2D eigenvalue weighted by molar-refractivity contribution is 5.56. The van der Waals surface area contributed by atoms with Crippen molar-refractivity contribution in [2.45, 2.75) is 38.4 Å². The third-order valence-electron chi connectivity index (χ3n) is 3.43. The highest BCUT2D eigenvalue weighted by atomic mass is 19.4. The Hall–Kier alpha value is -1.70. The zero-order chi connectivity index (χ0) is 14.0. The number of benzene rings is 1. The van der Waals surface area contributed by atoms with E-state index >= 15 is 0 Å². The van der Waals surface area contributed by atoms with Crippen molar-refractivity contribution in [3.05, 3.63) is 29.3 Å². The van der Waals surface area contributed by atoms with Gasteiger partial charge >= 0.3 is 6.18 Å². The van der Waals surface area contributed by atoms with Gasteiger partial charge in [-0.25, -0.2) is 0 Å². The number of nitrogens with zero attached hydrogens (tertiary/aromatic N) is 1. The summed E-state index contributed by atoms with van der Waals surface area (Å²) in [7, 11) is 0. The summed E-state index contributed by atoms with van der Waals surface area (Å²) in [6, 6.07) is 5.49. The van der Waals surface area contributed by atoms with Gasteiger partial charge in [-0.15, -0.1) is 0 Å². The first kappa shape index (κ1) is 13.7. The number of hydrogen-bond donors (Lipinski definition) is 1. The van der Waals surface area contributed by atoms with Gasteiger partial charge in [0.15, 0.2) is 0 Å². The van der Waals surface area contributed by atoms with Gasteiger partial charge < -0.3 is 5.32 Å². The van der Waals surface area contributed by atoms with Crippen LogP contribution in [0, 0.1) is 17.2 Å². The SMILES string of the molecule is CCC(Nc1ccc(C#N)cc1C(F)(F)F)C1CC1. The molecule has 0 saturated heterocycles. The minimum atomic E-state index is -4.45. The molecule has 0 heterocycles. The third kappa shape index (κ3) is 3.19. The van der Waals surface area contributed by atoms with Crippen LogP contribution in [0.15, 0.2) is 18.2 Å². The lowest BCUT2D eigenvalue weighted by Gasteiger charge is -2.21. The molecule has 0 aromatic heterocycles. The lowest BCUT2D eigenvalue weighted by molar-refractivity contribution is -0.137. The fourth-order valence-electron chi connectivity index (χ4n) is 2.23. The number of rotatable bonds is 4. The van der Waals surface area contributed by atoms with Crippen molar-refractivity contribution in [2.24, 2.45) is 5.92 Å². The average Bonchev–Trinajstić information content (AvgIpc) is 3.19. The summed E-state index contributed by atoms with van der Waals surface area (Å²) in [4.78, 5) is 0. The van der Waals surface area contributed by atoms with E-state index in [1.807, 2.05) is 6.92 Å². The summed E-state index contributed by atoms with van der Waals surface area (Å²) in [5.41, 5.74) is -0.659. The first-order chi connectivity index (χ1) is 8.95. The second kappa shape index (κ2) is 5.12. The number of hydrogen-bond acceptors (Lipinski definition) is 2. The molecular weight excluding hydrogens is 253 g/mol. The lowest BCUT2D eigenvalue weighted by Crippen LogP contribution is -2.23. The number of anilines is 1. The summed E-state index contributed by atoms with van der Waals surface area (Å²) in [5.74, 6) is 0.474. The van der Waals surface area contributed by atoms with Gasteiger partial charge in [-0.2, -0.15) is 18.4 Å². The second-order valence-electron chi connectivity index (χ2n) is 4.87. The summed E-state index contributed by atoms with van der Waals surface area (Å²) in [5, 5.41) is 11.7. The largest absolute Gasteiger partial charge is 0.418 e. The van der Waals surface area contributed by atoms with Gasteiger partial charge in [0.05, 0.1) is 17.2 Å². The monoisotopic (exact) mass is 268 g/mol. The quantitative estimate of drug-likeness (QED) is 0.889. The number of nitrogens with one attached hydrogen (secondary N) is 1. The van der Waals surface area contributed by atoms with E-state index in [9.17, 15) is 13.2 Å². The fraction of sp³-hybridized carbons (Fsp3) is 0.500. The number of halogens is 3. The minimum absolute atomic E-state index is 0.0253. The molecule has 19 heavy (non-hydrogen) atoms. The van der Waals surface area contributed by atoms with Crippen LogP contribution in [-0.2, 0) is 6.18 Å². The van der Waals surface area contributed by atoms with Gasteiger partial charge in [0.1, 0.15) is 0 Å². The highest BCUT2D eigenvalue weighted by Gasteiger charge is 2.36. The summed E-state index contributed by atoms with van der Waals surface area (Å²) >= 11 is 0. The molecule has 0 bridgehead atoms. The van der Waals surface area contributed by atoms with Crippen molar-refractivity contribution in [1.82, 2.24) is 0 Å². The van der Waals surface area contributed by atoms with Crippen LogP contribution in [-0.4, -0.2) is 6.04 Å². The molecule has 1 aliphatic rings. The fourth-order valence-corrected chi connectivity index (χ4v) is 2.23. The predicted molar refractivity (Wildman–Crippen MR) is 66.6 cm³/mol. The van der Waals surface area contributed by atoms with E-state index in [-0.39, 0.29) is 17.3 Å². The Labute approximate surface area is 110 Å². The van der Waals surface area contributed by atoms with Crippen LogP contribution >= 0.6 is 0 Å². The van der Waals surface area contributed by atoms with E-state index in [0.717, 1.165) is 25.3 Å². The molecule has 1 aliphatic carbocycles. The van der Waals surface area contributed by atoms with Crippen LogP contribution in [0.4, 0.5) is 18.9 Å². The average molecular weight is 268 g/mol. The zero-order valence-electron chi connectivity index (χ0n) is 10.6. The maximum Gasteiger partial charge on any atom is 0.418 e. The third-order valence-corrected chi connectivity index (χ3v) is 3.43. The Kier molecular flexibility index (Phi) is 3.70. The zero-order valence-corrected chi connectivity index (χ0v) is 10.6. The van der Waals surface area contributed by atoms with Gasteiger partial charge in [0.2, 0.25) is 0 Å². The van der Waals surface area contributed by atoms with Crippen LogP contribution in [0.1, 0.15) is 37.3 Å². The molecule has 2 rings (SSSR count). The van der Waals surface area contributed by atoms with Crippen molar-refractivity contribution in [3.63, 3.8) is 0 Å². The molecule has 102 valence electrons. The minimum Gasteiger partial charge on any atom is -0.382 e. The Morgan fingerprint density at radius 2 is 2.11 bits per heavy atom. The molecule has 1 aromatic rings. The van der Waals surface area contributed by atoms with E-state index in [0.29, 0.717) is 5.92 Å². The molecule has 1 fully saturated rings. The van der Waals surface area contributed by atoms with Crippen molar-refractivity contribution in [1.29, 1.82) is 5.26 Å². The van der Waals surface area contributed by atoms with Crippen molar-refractivity contribution >= 4 is 5.69 Å². The number of alkyl halides is 3. The molecule has 0 aliphatic heterocycles. The van der Waals surface area contributed by atoms with E-state index < -0.39 is 11.7 Å². The maximum atomic E-state index is 13.0. The van der Waals surface area contributed by atoms with E-state index in [1.165, 1.54) is 12.1 Å². The van der Waals surface area contributed by atoms with Crippen LogP contribution in [0.2, 0.25) is 0 Å². The van der Waals surface area contributed by atoms with Crippen LogP contribution in [0.5, 0.6) is 0 Å². The van der Waals surface area contributed by atoms with Gasteiger partial charge in [0.25, 0.3) is 0 Å². The molecule has 0 radical (unpaired) electrons. The molecule has 1 N–H and O–H groups in total. The molecule has 1 saturated carbocycles. The van der Waals surface area contributed by atoms with Gasteiger partial charge in [-0.05, 0) is 43.4 Å². The van der Waals surface area contributed by atoms with E-state index in [2.05, 4.69) is 5.32 Å².